The second-order valence-electron chi connectivity index (χ2n) is 9.48. The van der Waals surface area contributed by atoms with Crippen LogP contribution in [0.15, 0.2) is 24.3 Å². The second-order valence-corrected chi connectivity index (χ2v) is 9.48. The highest BCUT2D eigenvalue weighted by atomic mass is 16.5. The van der Waals surface area contributed by atoms with E-state index in [0.29, 0.717) is 35.1 Å². The van der Waals surface area contributed by atoms with Gasteiger partial charge in [0.05, 0.1) is 39.6 Å². The fourth-order valence-electron chi connectivity index (χ4n) is 5.76. The lowest BCUT2D eigenvalue weighted by atomic mass is 9.93. The van der Waals surface area contributed by atoms with Crippen LogP contribution >= 0.6 is 0 Å². The summed E-state index contributed by atoms with van der Waals surface area (Å²) in [6.07, 6.45) is 9.52. The third-order valence-corrected chi connectivity index (χ3v) is 7.49. The Bertz CT molecular complexity index is 1080. The summed E-state index contributed by atoms with van der Waals surface area (Å²) in [6.45, 7) is 0.498. The fourth-order valence-corrected chi connectivity index (χ4v) is 5.76. The van der Waals surface area contributed by atoms with Crippen LogP contribution in [-0.2, 0) is 6.42 Å². The van der Waals surface area contributed by atoms with Gasteiger partial charge in [-0.25, -0.2) is 0 Å². The average molecular weight is 496 g/mol. The van der Waals surface area contributed by atoms with Gasteiger partial charge in [0, 0.05) is 17.7 Å². The van der Waals surface area contributed by atoms with Crippen molar-refractivity contribution in [2.75, 3.05) is 35.0 Å². The van der Waals surface area contributed by atoms with Gasteiger partial charge in [0.15, 0.2) is 11.5 Å². The van der Waals surface area contributed by atoms with Crippen molar-refractivity contribution in [2.45, 2.75) is 63.7 Å². The zero-order chi connectivity index (χ0) is 25.7. The average Bonchev–Trinajstić information content (AvgIpc) is 3.43. The molecule has 2 aromatic rings. The van der Waals surface area contributed by atoms with Gasteiger partial charge in [0.25, 0.3) is 11.8 Å². The highest BCUT2D eigenvalue weighted by Crippen LogP contribution is 2.56. The third-order valence-electron chi connectivity index (χ3n) is 7.49. The van der Waals surface area contributed by atoms with Crippen LogP contribution in [0.25, 0.3) is 0 Å². The van der Waals surface area contributed by atoms with Crippen molar-refractivity contribution in [3.05, 3.63) is 46.5 Å². The van der Waals surface area contributed by atoms with Gasteiger partial charge in [-0.15, -0.1) is 0 Å². The first kappa shape index (κ1) is 25.9. The first-order valence-electron chi connectivity index (χ1n) is 12.9. The van der Waals surface area contributed by atoms with E-state index in [1.807, 2.05) is 0 Å². The molecular weight excluding hydrogens is 458 g/mol. The van der Waals surface area contributed by atoms with Gasteiger partial charge >= 0.3 is 0 Å². The fraction of sp³-hybridized carbons (Fsp3) is 0.517. The number of nitrogens with zero attached hydrogens (tertiary/aromatic N) is 1. The molecule has 0 N–H and O–H groups in total. The molecule has 2 aliphatic rings. The van der Waals surface area contributed by atoms with Crippen LogP contribution in [0.4, 0.5) is 0 Å². The molecule has 0 radical (unpaired) electrons. The normalized spacial score (nSPS) is 16.2. The summed E-state index contributed by atoms with van der Waals surface area (Å²) in [7, 11) is 6.61. The van der Waals surface area contributed by atoms with Crippen LogP contribution < -0.4 is 18.9 Å². The Morgan fingerprint density at radius 3 is 1.83 bits per heavy atom. The number of hydrogen-bond donors (Lipinski definition) is 0. The van der Waals surface area contributed by atoms with Gasteiger partial charge in [-0.1, -0.05) is 44.2 Å². The number of rotatable bonds is 13. The summed E-state index contributed by atoms with van der Waals surface area (Å²) in [5, 5.41) is 0. The summed E-state index contributed by atoms with van der Waals surface area (Å²) < 4.78 is 22.7. The number of imide groups is 1. The topological polar surface area (TPSA) is 74.3 Å². The quantitative estimate of drug-likeness (QED) is 0.259. The molecule has 0 spiro atoms. The third kappa shape index (κ3) is 4.75. The Morgan fingerprint density at radius 1 is 0.722 bits per heavy atom. The second kappa shape index (κ2) is 11.7. The summed E-state index contributed by atoms with van der Waals surface area (Å²) in [5.41, 5.74) is 3.43. The van der Waals surface area contributed by atoms with Crippen LogP contribution in [0.2, 0.25) is 0 Å². The summed E-state index contributed by atoms with van der Waals surface area (Å²) in [4.78, 5) is 26.3. The summed E-state index contributed by atoms with van der Waals surface area (Å²) in [6, 6.07) is 7.07. The molecule has 0 aromatic heterocycles. The van der Waals surface area contributed by atoms with Crippen LogP contribution in [-0.4, -0.2) is 51.7 Å². The monoisotopic (exact) mass is 495 g/mol. The highest BCUT2D eigenvalue weighted by Gasteiger charge is 2.36. The Hall–Kier alpha value is -3.22. The van der Waals surface area contributed by atoms with E-state index in [9.17, 15) is 9.59 Å². The molecular formula is C29H37NO6. The van der Waals surface area contributed by atoms with Crippen molar-refractivity contribution in [1.29, 1.82) is 0 Å². The standard InChI is InChI=1S/C29H37NO6/c1-33-24-22-17-16-19(23(22)25(34-2)27(36-4)26(24)35-3)13-9-7-5-6-8-12-18-30-28(31)20-14-10-11-15-21(20)29(30)32/h10-11,14-15,19H,5-9,12-13,16-18H2,1-4H3. The van der Waals surface area contributed by atoms with Crippen LogP contribution in [0.1, 0.15) is 89.1 Å². The molecule has 0 bridgehead atoms. The van der Waals surface area contributed by atoms with Crippen molar-refractivity contribution in [3.63, 3.8) is 0 Å². The lowest BCUT2D eigenvalue weighted by molar-refractivity contribution is 0.0651. The molecule has 2 amide bonds. The number of amides is 2. The van der Waals surface area contributed by atoms with Gasteiger partial charge in [-0.05, 0) is 43.7 Å². The van der Waals surface area contributed by atoms with Gasteiger partial charge in [0.2, 0.25) is 11.5 Å². The van der Waals surface area contributed by atoms with Crippen molar-refractivity contribution in [1.82, 2.24) is 4.90 Å². The van der Waals surface area contributed by atoms with E-state index in [4.69, 9.17) is 18.9 Å². The number of hydrogen-bond acceptors (Lipinski definition) is 6. The molecule has 1 aliphatic heterocycles. The largest absolute Gasteiger partial charge is 0.492 e. The minimum atomic E-state index is -0.159. The smallest absolute Gasteiger partial charge is 0.261 e. The first-order chi connectivity index (χ1) is 17.6. The Kier molecular flexibility index (Phi) is 8.39. The molecule has 0 saturated heterocycles. The Labute approximate surface area is 213 Å². The summed E-state index contributed by atoms with van der Waals surface area (Å²) >= 11 is 0. The van der Waals surface area contributed by atoms with Crippen LogP contribution in [0.5, 0.6) is 23.0 Å². The molecule has 7 heteroatoms. The maximum Gasteiger partial charge on any atom is 0.261 e. The Balaban J connectivity index is 1.23. The molecule has 1 heterocycles. The number of fused-ring (bicyclic) bond motifs is 2. The molecule has 1 atom stereocenters. The van der Waals surface area contributed by atoms with E-state index in [1.165, 1.54) is 16.0 Å². The number of ether oxygens (including phenoxy) is 4. The van der Waals surface area contributed by atoms with E-state index < -0.39 is 0 Å². The van der Waals surface area contributed by atoms with E-state index in [1.54, 1.807) is 52.7 Å². The highest BCUT2D eigenvalue weighted by molar-refractivity contribution is 6.21. The number of unbranched alkanes of at least 4 members (excludes halogenated alkanes) is 5. The minimum Gasteiger partial charge on any atom is -0.492 e. The van der Waals surface area contributed by atoms with Crippen molar-refractivity contribution < 1.29 is 28.5 Å². The predicted octanol–water partition coefficient (Wildman–Crippen LogP) is 5.78. The molecule has 2 aromatic carbocycles. The molecule has 1 unspecified atom stereocenters. The summed E-state index contributed by atoms with van der Waals surface area (Å²) in [5.74, 6) is 2.81. The van der Waals surface area contributed by atoms with Crippen molar-refractivity contribution in [2.24, 2.45) is 0 Å². The molecule has 36 heavy (non-hydrogen) atoms. The van der Waals surface area contributed by atoms with E-state index in [0.717, 1.165) is 69.3 Å². The number of carbonyl (C=O) groups is 2. The molecule has 4 rings (SSSR count). The van der Waals surface area contributed by atoms with Gasteiger partial charge in [-0.2, -0.15) is 0 Å². The van der Waals surface area contributed by atoms with Crippen LogP contribution in [0.3, 0.4) is 0 Å². The first-order valence-corrected chi connectivity index (χ1v) is 12.9. The van der Waals surface area contributed by atoms with Gasteiger partial charge < -0.3 is 18.9 Å². The zero-order valence-electron chi connectivity index (χ0n) is 21.9. The maximum absolute atomic E-state index is 12.5. The number of benzene rings is 2. The Morgan fingerprint density at radius 2 is 1.25 bits per heavy atom. The predicted molar refractivity (Wildman–Crippen MR) is 138 cm³/mol. The molecule has 7 nitrogen and oxygen atoms in total. The van der Waals surface area contributed by atoms with Gasteiger partial charge in [0.1, 0.15) is 0 Å². The number of carbonyl (C=O) groups excluding carboxylic acids is 2. The van der Waals surface area contributed by atoms with Crippen LogP contribution in [0, 0.1) is 0 Å². The molecule has 1 aliphatic carbocycles. The molecule has 194 valence electrons. The minimum absolute atomic E-state index is 0.159. The zero-order valence-corrected chi connectivity index (χ0v) is 21.9. The molecule has 0 fully saturated rings. The lowest BCUT2D eigenvalue weighted by Gasteiger charge is -2.22. The van der Waals surface area contributed by atoms with E-state index in [-0.39, 0.29) is 11.8 Å². The lowest BCUT2D eigenvalue weighted by Crippen LogP contribution is -2.30. The van der Waals surface area contributed by atoms with E-state index >= 15 is 0 Å². The SMILES string of the molecule is COc1c2c(c(OC)c(OC)c1OC)C(CCCCCCCCN1C(=O)c3ccccc3C1=O)CC2. The van der Waals surface area contributed by atoms with Crippen molar-refractivity contribution >= 4 is 11.8 Å². The number of methoxy groups -OCH3 is 4. The molecule has 0 saturated carbocycles. The maximum atomic E-state index is 12.5. The van der Waals surface area contributed by atoms with E-state index in [2.05, 4.69) is 0 Å². The van der Waals surface area contributed by atoms with Crippen molar-refractivity contribution in [3.8, 4) is 23.0 Å². The van der Waals surface area contributed by atoms with Gasteiger partial charge in [-0.3, -0.25) is 14.5 Å².